The van der Waals surface area contributed by atoms with E-state index >= 15 is 0 Å². The summed E-state index contributed by atoms with van der Waals surface area (Å²) in [4.78, 5) is 2.46. The Hall–Kier alpha value is -1.10. The molecule has 0 bridgehead atoms. The van der Waals surface area contributed by atoms with Crippen LogP contribution in [-0.2, 0) is 16.0 Å². The van der Waals surface area contributed by atoms with Crippen molar-refractivity contribution in [2.45, 2.75) is 31.6 Å². The fourth-order valence-electron chi connectivity index (χ4n) is 2.99. The summed E-state index contributed by atoms with van der Waals surface area (Å²) in [5.74, 6) is 0.910. The lowest BCUT2D eigenvalue weighted by Crippen LogP contribution is -2.47. The number of morpholine rings is 1. The number of benzene rings is 1. The highest BCUT2D eigenvalue weighted by Gasteiger charge is 2.30. The van der Waals surface area contributed by atoms with Gasteiger partial charge in [-0.2, -0.15) is 0 Å². The van der Waals surface area contributed by atoms with Crippen LogP contribution in [-0.4, -0.2) is 50.5 Å². The average molecular weight is 277 g/mol. The number of rotatable bonds is 4. The monoisotopic (exact) mass is 277 g/mol. The molecule has 0 spiro atoms. The lowest BCUT2D eigenvalue weighted by molar-refractivity contribution is -0.0959. The van der Waals surface area contributed by atoms with Crippen LogP contribution in [0.4, 0.5) is 0 Å². The lowest BCUT2D eigenvalue weighted by atomic mass is 10.1. The van der Waals surface area contributed by atoms with Gasteiger partial charge in [-0.25, -0.2) is 0 Å². The zero-order valence-electron chi connectivity index (χ0n) is 12.1. The van der Waals surface area contributed by atoms with Gasteiger partial charge in [0.1, 0.15) is 5.75 Å². The van der Waals surface area contributed by atoms with Crippen molar-refractivity contribution in [3.63, 3.8) is 0 Å². The maximum absolute atomic E-state index is 5.88. The zero-order chi connectivity index (χ0) is 13.8. The van der Waals surface area contributed by atoms with Crippen molar-refractivity contribution in [2.75, 3.05) is 33.4 Å². The minimum Gasteiger partial charge on any atom is -0.497 e. The Balaban J connectivity index is 1.56. The number of ether oxygens (including phenoxy) is 3. The van der Waals surface area contributed by atoms with Crippen LogP contribution in [0.2, 0.25) is 0 Å². The highest BCUT2D eigenvalue weighted by atomic mass is 16.5. The van der Waals surface area contributed by atoms with Gasteiger partial charge in [-0.3, -0.25) is 4.90 Å². The molecular weight excluding hydrogens is 254 g/mol. The number of hydrogen-bond donors (Lipinski definition) is 0. The van der Waals surface area contributed by atoms with Gasteiger partial charge in [0.05, 0.1) is 25.9 Å². The summed E-state index contributed by atoms with van der Waals surface area (Å²) in [6, 6.07) is 8.31. The molecule has 2 atom stereocenters. The molecule has 0 aliphatic carbocycles. The fourth-order valence-corrected chi connectivity index (χ4v) is 2.99. The van der Waals surface area contributed by atoms with Crippen LogP contribution >= 0.6 is 0 Å². The average Bonchev–Trinajstić information content (AvgIpc) is 3.03. The minimum atomic E-state index is 0.240. The third kappa shape index (κ3) is 3.32. The number of hydrogen-bond acceptors (Lipinski definition) is 4. The lowest BCUT2D eigenvalue weighted by Gasteiger charge is -2.35. The Morgan fingerprint density at radius 1 is 1.15 bits per heavy atom. The molecule has 0 radical (unpaired) electrons. The van der Waals surface area contributed by atoms with E-state index in [9.17, 15) is 0 Å². The van der Waals surface area contributed by atoms with Crippen molar-refractivity contribution in [1.29, 1.82) is 0 Å². The van der Waals surface area contributed by atoms with Crippen molar-refractivity contribution >= 4 is 0 Å². The Morgan fingerprint density at radius 2 is 1.95 bits per heavy atom. The first-order valence-corrected chi connectivity index (χ1v) is 7.43. The molecule has 0 unspecified atom stereocenters. The number of nitrogens with zero attached hydrogens (tertiary/aromatic N) is 1. The fraction of sp³-hybridized carbons (Fsp3) is 0.625. The smallest absolute Gasteiger partial charge is 0.118 e. The van der Waals surface area contributed by atoms with Crippen LogP contribution in [0.15, 0.2) is 24.3 Å². The molecule has 0 amide bonds. The zero-order valence-corrected chi connectivity index (χ0v) is 12.1. The molecule has 1 aromatic rings. The topological polar surface area (TPSA) is 30.9 Å². The summed E-state index contributed by atoms with van der Waals surface area (Å²) >= 11 is 0. The summed E-state index contributed by atoms with van der Waals surface area (Å²) in [6.45, 7) is 4.63. The van der Waals surface area contributed by atoms with E-state index in [0.29, 0.717) is 6.10 Å². The van der Waals surface area contributed by atoms with E-state index in [1.165, 1.54) is 12.0 Å². The van der Waals surface area contributed by atoms with Crippen LogP contribution < -0.4 is 4.74 Å². The molecule has 0 saturated carbocycles. The summed E-state index contributed by atoms with van der Waals surface area (Å²) < 4.78 is 16.8. The van der Waals surface area contributed by atoms with E-state index in [4.69, 9.17) is 14.2 Å². The molecule has 20 heavy (non-hydrogen) atoms. The maximum atomic E-state index is 5.88. The third-order valence-corrected chi connectivity index (χ3v) is 4.12. The molecule has 0 aromatic heterocycles. The first kappa shape index (κ1) is 13.9. The SMILES string of the molecule is COc1ccc(CN2CCO[C@H]([C@@H]3CCCO3)C2)cc1. The maximum Gasteiger partial charge on any atom is 0.118 e. The van der Waals surface area contributed by atoms with Gasteiger partial charge in [-0.15, -0.1) is 0 Å². The van der Waals surface area contributed by atoms with Gasteiger partial charge in [0, 0.05) is 26.2 Å². The summed E-state index contributed by atoms with van der Waals surface area (Å²) in [5, 5.41) is 0. The number of methoxy groups -OCH3 is 1. The van der Waals surface area contributed by atoms with E-state index in [1.54, 1.807) is 7.11 Å². The van der Waals surface area contributed by atoms with Crippen LogP contribution in [0.1, 0.15) is 18.4 Å². The largest absolute Gasteiger partial charge is 0.497 e. The van der Waals surface area contributed by atoms with Crippen LogP contribution in [0.3, 0.4) is 0 Å². The molecule has 110 valence electrons. The van der Waals surface area contributed by atoms with Crippen molar-refractivity contribution < 1.29 is 14.2 Å². The molecule has 2 aliphatic heterocycles. The standard InChI is InChI=1S/C16H23NO3/c1-18-14-6-4-13(5-7-14)11-17-8-10-20-16(12-17)15-3-2-9-19-15/h4-7,15-16H,2-3,8-12H2,1H3/t15-,16-/m0/s1. The Labute approximate surface area is 120 Å². The quantitative estimate of drug-likeness (QED) is 0.843. The van der Waals surface area contributed by atoms with Crippen molar-refractivity contribution in [2.24, 2.45) is 0 Å². The van der Waals surface area contributed by atoms with Gasteiger partial charge in [0.25, 0.3) is 0 Å². The van der Waals surface area contributed by atoms with Crippen LogP contribution in [0.5, 0.6) is 5.75 Å². The van der Waals surface area contributed by atoms with Gasteiger partial charge < -0.3 is 14.2 Å². The molecule has 1 aromatic carbocycles. The highest BCUT2D eigenvalue weighted by Crippen LogP contribution is 2.22. The van der Waals surface area contributed by atoms with Gasteiger partial charge in [-0.05, 0) is 30.5 Å². The van der Waals surface area contributed by atoms with E-state index in [1.807, 2.05) is 12.1 Å². The molecule has 4 nitrogen and oxygen atoms in total. The van der Waals surface area contributed by atoms with E-state index in [-0.39, 0.29) is 6.10 Å². The Morgan fingerprint density at radius 3 is 2.65 bits per heavy atom. The second-order valence-electron chi connectivity index (χ2n) is 5.54. The molecule has 0 N–H and O–H groups in total. The minimum absolute atomic E-state index is 0.240. The normalized spacial score (nSPS) is 27.6. The second kappa shape index (κ2) is 6.57. The van der Waals surface area contributed by atoms with Gasteiger partial charge in [0.15, 0.2) is 0 Å². The summed E-state index contributed by atoms with van der Waals surface area (Å²) in [7, 11) is 1.70. The highest BCUT2D eigenvalue weighted by molar-refractivity contribution is 5.27. The predicted octanol–water partition coefficient (Wildman–Crippen LogP) is 2.08. The molecular formula is C16H23NO3. The van der Waals surface area contributed by atoms with Gasteiger partial charge in [0.2, 0.25) is 0 Å². The van der Waals surface area contributed by atoms with Gasteiger partial charge >= 0.3 is 0 Å². The van der Waals surface area contributed by atoms with Crippen LogP contribution in [0.25, 0.3) is 0 Å². The Bertz CT molecular complexity index is 414. The van der Waals surface area contributed by atoms with E-state index in [0.717, 1.165) is 45.0 Å². The van der Waals surface area contributed by atoms with E-state index in [2.05, 4.69) is 17.0 Å². The first-order valence-electron chi connectivity index (χ1n) is 7.43. The van der Waals surface area contributed by atoms with Crippen LogP contribution in [0, 0.1) is 0 Å². The van der Waals surface area contributed by atoms with E-state index < -0.39 is 0 Å². The predicted molar refractivity (Wildman–Crippen MR) is 77.0 cm³/mol. The van der Waals surface area contributed by atoms with Gasteiger partial charge in [-0.1, -0.05) is 12.1 Å². The third-order valence-electron chi connectivity index (χ3n) is 4.12. The Kier molecular flexibility index (Phi) is 4.55. The summed E-state index contributed by atoms with van der Waals surface area (Å²) in [5.41, 5.74) is 1.32. The van der Waals surface area contributed by atoms with Crippen molar-refractivity contribution in [3.8, 4) is 5.75 Å². The van der Waals surface area contributed by atoms with Crippen molar-refractivity contribution in [3.05, 3.63) is 29.8 Å². The molecule has 3 rings (SSSR count). The molecule has 2 aliphatic rings. The van der Waals surface area contributed by atoms with Crippen molar-refractivity contribution in [1.82, 2.24) is 4.90 Å². The first-order chi connectivity index (χ1) is 9.85. The molecule has 2 fully saturated rings. The molecule has 2 heterocycles. The summed E-state index contributed by atoms with van der Waals surface area (Å²) in [6.07, 6.45) is 2.85. The molecule has 2 saturated heterocycles. The second-order valence-corrected chi connectivity index (χ2v) is 5.54. The molecule has 4 heteroatoms.